The van der Waals surface area contributed by atoms with Crippen LogP contribution in [0.15, 0.2) is 53.6 Å². The monoisotopic (exact) mass is 749 g/mol. The Kier molecular flexibility index (Phi) is 10.3. The third-order valence-corrected chi connectivity index (χ3v) is 11.2. The largest absolute Gasteiger partial charge is 0.496 e. The molecule has 0 aliphatic carbocycles. The molecule has 15 heteroatoms. The highest BCUT2D eigenvalue weighted by Gasteiger charge is 2.46. The van der Waals surface area contributed by atoms with Crippen molar-refractivity contribution in [2.75, 3.05) is 38.6 Å². The first-order valence-electron chi connectivity index (χ1n) is 17.9. The van der Waals surface area contributed by atoms with Crippen molar-refractivity contribution in [2.45, 2.75) is 63.0 Å². The van der Waals surface area contributed by atoms with Crippen LogP contribution in [-0.4, -0.2) is 87.5 Å². The molecule has 53 heavy (non-hydrogen) atoms. The van der Waals surface area contributed by atoms with Gasteiger partial charge in [0, 0.05) is 66.4 Å². The summed E-state index contributed by atoms with van der Waals surface area (Å²) in [4.78, 5) is 52.9. The van der Waals surface area contributed by atoms with Crippen molar-refractivity contribution in [1.29, 1.82) is 0 Å². The van der Waals surface area contributed by atoms with Gasteiger partial charge in [0.15, 0.2) is 0 Å². The highest BCUT2D eigenvalue weighted by Crippen LogP contribution is 2.41. The van der Waals surface area contributed by atoms with E-state index in [1.54, 1.807) is 50.8 Å². The molecule has 0 spiro atoms. The molecule has 12 nitrogen and oxygen atoms in total. The van der Waals surface area contributed by atoms with Crippen LogP contribution >= 0.6 is 11.6 Å². The molecule has 3 amide bonds. The second-order valence-electron chi connectivity index (χ2n) is 14.4. The summed E-state index contributed by atoms with van der Waals surface area (Å²) in [5.41, 5.74) is 3.76. The summed E-state index contributed by atoms with van der Waals surface area (Å²) in [6.07, 6.45) is 5.88. The lowest BCUT2D eigenvalue weighted by Crippen LogP contribution is -2.50. The Bertz CT molecular complexity index is 2090. The van der Waals surface area contributed by atoms with Crippen molar-refractivity contribution < 1.29 is 27.9 Å². The predicted molar refractivity (Wildman–Crippen MR) is 196 cm³/mol. The number of anilines is 1. The van der Waals surface area contributed by atoms with Crippen molar-refractivity contribution in [3.8, 4) is 16.9 Å². The molecule has 0 bridgehead atoms. The standard InChI is InChI=1S/C38H42ClF2N7O5/c1-46-19-27(26-18-42-45-35(26)37(46)52)24-16-30(39)28(32(17-24)53-2)20-47-12-9-22(10-13-47)15-34(50)48-14-11-29(38(40,41)21-48)23-3-5-25(6-4-23)43-31-7-8-33(49)44-36(31)51/h3-6,16-19,22,29,31,43H,7-15,20-21H2,1-2H3,(H,42,45)(H,44,49,51). The number of amides is 3. The molecule has 3 aliphatic rings. The number of hydrogen-bond acceptors (Lipinski definition) is 8. The number of likely N-dealkylation sites (tertiary alicyclic amines) is 2. The van der Waals surface area contributed by atoms with Crippen LogP contribution in [0.1, 0.15) is 55.6 Å². The molecule has 2 aromatic carbocycles. The Labute approximate surface area is 309 Å². The number of methoxy groups -OCH3 is 1. The summed E-state index contributed by atoms with van der Waals surface area (Å²) >= 11 is 6.85. The van der Waals surface area contributed by atoms with Crippen molar-refractivity contribution in [3.63, 3.8) is 0 Å². The fraction of sp³-hybridized carbons (Fsp3) is 0.447. The van der Waals surface area contributed by atoms with Gasteiger partial charge in [-0.25, -0.2) is 8.78 Å². The Morgan fingerprint density at radius 3 is 2.53 bits per heavy atom. The number of alkyl halides is 2. The summed E-state index contributed by atoms with van der Waals surface area (Å²) in [5, 5.41) is 13.4. The summed E-state index contributed by atoms with van der Waals surface area (Å²) in [5.74, 6) is -4.34. The van der Waals surface area contributed by atoms with Crippen LogP contribution in [0, 0.1) is 5.92 Å². The molecule has 2 atom stereocenters. The van der Waals surface area contributed by atoms with Gasteiger partial charge in [-0.05, 0) is 80.1 Å². The van der Waals surface area contributed by atoms with E-state index >= 15 is 8.78 Å². The highest BCUT2D eigenvalue weighted by atomic mass is 35.5. The maximum Gasteiger partial charge on any atom is 0.276 e. The zero-order chi connectivity index (χ0) is 37.4. The average Bonchev–Trinajstić information content (AvgIpc) is 3.63. The molecule has 7 rings (SSSR count). The number of rotatable bonds is 9. The number of carbonyl (C=O) groups is 3. The Morgan fingerprint density at radius 1 is 1.08 bits per heavy atom. The molecule has 0 saturated carbocycles. The van der Waals surface area contributed by atoms with E-state index in [2.05, 4.69) is 25.7 Å². The minimum atomic E-state index is -3.09. The first-order chi connectivity index (χ1) is 25.4. The van der Waals surface area contributed by atoms with Gasteiger partial charge < -0.3 is 19.5 Å². The molecule has 280 valence electrons. The fourth-order valence-electron chi connectivity index (χ4n) is 7.84. The molecule has 3 fully saturated rings. The number of piperidine rings is 3. The second-order valence-corrected chi connectivity index (χ2v) is 14.8. The summed E-state index contributed by atoms with van der Waals surface area (Å²) in [7, 11) is 3.28. The van der Waals surface area contributed by atoms with E-state index in [-0.39, 0.29) is 49.1 Å². The number of nitrogens with zero attached hydrogens (tertiary/aromatic N) is 4. The number of fused-ring (bicyclic) bond motifs is 1. The molecule has 5 heterocycles. The van der Waals surface area contributed by atoms with Crippen molar-refractivity contribution in [2.24, 2.45) is 13.0 Å². The van der Waals surface area contributed by atoms with Gasteiger partial charge in [-0.15, -0.1) is 0 Å². The van der Waals surface area contributed by atoms with Gasteiger partial charge >= 0.3 is 0 Å². The molecule has 3 saturated heterocycles. The number of halogens is 3. The number of pyridine rings is 1. The summed E-state index contributed by atoms with van der Waals surface area (Å²) < 4.78 is 38.3. The molecule has 3 N–H and O–H groups in total. The number of aromatic amines is 1. The number of carbonyl (C=O) groups excluding carboxylic acids is 3. The van der Waals surface area contributed by atoms with Crippen LogP contribution in [0.4, 0.5) is 14.5 Å². The lowest BCUT2D eigenvalue weighted by atomic mass is 9.85. The molecule has 2 aromatic heterocycles. The quantitative estimate of drug-likeness (QED) is 0.202. The van der Waals surface area contributed by atoms with Gasteiger partial charge in [0.25, 0.3) is 11.5 Å². The van der Waals surface area contributed by atoms with Crippen LogP contribution in [0.5, 0.6) is 5.75 Å². The van der Waals surface area contributed by atoms with Crippen LogP contribution < -0.4 is 20.9 Å². The third kappa shape index (κ3) is 7.65. The van der Waals surface area contributed by atoms with E-state index in [1.807, 2.05) is 12.1 Å². The Morgan fingerprint density at radius 2 is 1.83 bits per heavy atom. The van der Waals surface area contributed by atoms with Gasteiger partial charge in [0.05, 0.1) is 25.8 Å². The van der Waals surface area contributed by atoms with E-state index in [4.69, 9.17) is 16.3 Å². The van der Waals surface area contributed by atoms with Gasteiger partial charge in [0.1, 0.15) is 17.3 Å². The molecule has 0 radical (unpaired) electrons. The van der Waals surface area contributed by atoms with Gasteiger partial charge in [-0.3, -0.25) is 34.5 Å². The first kappa shape index (κ1) is 36.5. The van der Waals surface area contributed by atoms with Crippen molar-refractivity contribution in [1.82, 2.24) is 29.9 Å². The number of benzene rings is 2. The topological polar surface area (TPSA) is 142 Å². The Hall–Kier alpha value is -4.82. The third-order valence-electron chi connectivity index (χ3n) is 10.9. The molecular weight excluding hydrogens is 708 g/mol. The van der Waals surface area contributed by atoms with Gasteiger partial charge in [-0.2, -0.15) is 5.10 Å². The minimum absolute atomic E-state index is 0.0938. The van der Waals surface area contributed by atoms with Crippen LogP contribution in [0.2, 0.25) is 5.02 Å². The summed E-state index contributed by atoms with van der Waals surface area (Å²) in [6.45, 7) is 1.63. The summed E-state index contributed by atoms with van der Waals surface area (Å²) in [6, 6.07) is 9.85. The first-order valence-corrected chi connectivity index (χ1v) is 18.3. The SMILES string of the molecule is COc1cc(-c2cn(C)c(=O)c3[nH]ncc23)cc(Cl)c1CN1CCC(CC(=O)N2CCC(c3ccc(NC4CCC(=O)NC4=O)cc3)C(F)(F)C2)CC1. The number of nitrogens with one attached hydrogen (secondary N) is 3. The van der Waals surface area contributed by atoms with Crippen LogP contribution in [-0.2, 0) is 28.0 Å². The Balaban J connectivity index is 0.917. The number of hydrogen-bond donors (Lipinski definition) is 3. The lowest BCUT2D eigenvalue weighted by molar-refractivity contribution is -0.145. The molecular formula is C38H42ClF2N7O5. The molecule has 4 aromatic rings. The van der Waals surface area contributed by atoms with E-state index in [9.17, 15) is 19.2 Å². The maximum absolute atomic E-state index is 15.5. The number of aryl methyl sites for hydroxylation is 1. The predicted octanol–water partition coefficient (Wildman–Crippen LogP) is 5.06. The number of aromatic nitrogens is 3. The van der Waals surface area contributed by atoms with Gasteiger partial charge in [-0.1, -0.05) is 23.7 Å². The number of ether oxygens (including phenoxy) is 1. The molecule has 2 unspecified atom stereocenters. The van der Waals surface area contributed by atoms with Gasteiger partial charge in [0.2, 0.25) is 17.7 Å². The smallest absolute Gasteiger partial charge is 0.276 e. The molecule has 3 aliphatic heterocycles. The van der Waals surface area contributed by atoms with E-state index in [0.29, 0.717) is 45.9 Å². The number of imide groups is 1. The van der Waals surface area contributed by atoms with Crippen molar-refractivity contribution in [3.05, 3.63) is 75.3 Å². The zero-order valence-electron chi connectivity index (χ0n) is 29.6. The average molecular weight is 750 g/mol. The lowest BCUT2D eigenvalue weighted by Gasteiger charge is -2.39. The zero-order valence-corrected chi connectivity index (χ0v) is 30.3. The van der Waals surface area contributed by atoms with E-state index < -0.39 is 30.3 Å². The van der Waals surface area contributed by atoms with Crippen LogP contribution in [0.3, 0.4) is 0 Å². The second kappa shape index (κ2) is 14.9. The maximum atomic E-state index is 15.5. The van der Waals surface area contributed by atoms with E-state index in [1.165, 1.54) is 9.47 Å². The van der Waals surface area contributed by atoms with Crippen LogP contribution in [0.25, 0.3) is 22.0 Å². The fourth-order valence-corrected chi connectivity index (χ4v) is 8.11. The van der Waals surface area contributed by atoms with Crippen molar-refractivity contribution >= 4 is 45.9 Å². The normalized spacial score (nSPS) is 21.1. The van der Waals surface area contributed by atoms with E-state index in [0.717, 1.165) is 42.6 Å². The highest BCUT2D eigenvalue weighted by molar-refractivity contribution is 6.32. The minimum Gasteiger partial charge on any atom is -0.496 e. The number of H-pyrrole nitrogens is 1.